The molecule has 2 aliphatic rings. The molecule has 2 amide bonds. The number of hydrogen-bond donors (Lipinski definition) is 2. The van der Waals surface area contributed by atoms with E-state index in [9.17, 15) is 9.59 Å². The van der Waals surface area contributed by atoms with Gasteiger partial charge in [-0.3, -0.25) is 14.5 Å². The summed E-state index contributed by atoms with van der Waals surface area (Å²) in [5.74, 6) is 1.66. The molecule has 2 N–H and O–H groups in total. The molecule has 0 aliphatic carbocycles. The van der Waals surface area contributed by atoms with Crippen LogP contribution in [0.1, 0.15) is 56.5 Å². The summed E-state index contributed by atoms with van der Waals surface area (Å²) < 4.78 is 7.50. The van der Waals surface area contributed by atoms with Crippen molar-refractivity contribution in [2.75, 3.05) is 13.7 Å². The number of imidazole rings is 1. The number of carbonyl (C=O) groups is 2. The molecule has 2 saturated heterocycles. The van der Waals surface area contributed by atoms with Gasteiger partial charge < -0.3 is 19.9 Å². The SMILES string of the molecule is COc1cccc([C@@H]2C[C@]3(C)NC(=O)CCCC[C@@H]3N2CC(=O)NCc2nc3ccccc3n2C)c1. The fourth-order valence-electron chi connectivity index (χ4n) is 5.99. The van der Waals surface area contributed by atoms with Gasteiger partial charge in [0.15, 0.2) is 0 Å². The molecule has 8 heteroatoms. The molecule has 0 bridgehead atoms. The molecular weight excluding hydrogens is 454 g/mol. The Bertz CT molecular complexity index is 1270. The van der Waals surface area contributed by atoms with E-state index in [-0.39, 0.29) is 30.4 Å². The molecule has 2 fully saturated rings. The highest BCUT2D eigenvalue weighted by Crippen LogP contribution is 2.45. The number of nitrogens with zero attached hydrogens (tertiary/aromatic N) is 3. The second kappa shape index (κ2) is 9.93. The van der Waals surface area contributed by atoms with Crippen LogP contribution >= 0.6 is 0 Å². The molecule has 36 heavy (non-hydrogen) atoms. The van der Waals surface area contributed by atoms with E-state index in [1.54, 1.807) is 7.11 Å². The van der Waals surface area contributed by atoms with Crippen LogP contribution in [0.3, 0.4) is 0 Å². The first-order valence-corrected chi connectivity index (χ1v) is 12.8. The van der Waals surface area contributed by atoms with Crippen molar-refractivity contribution in [1.82, 2.24) is 25.1 Å². The first kappa shape index (κ1) is 24.3. The number of nitrogens with one attached hydrogen (secondary N) is 2. The first-order valence-electron chi connectivity index (χ1n) is 12.8. The fraction of sp³-hybridized carbons (Fsp3) is 0.464. The van der Waals surface area contributed by atoms with Crippen LogP contribution in [0.5, 0.6) is 5.75 Å². The first-order chi connectivity index (χ1) is 17.4. The number of methoxy groups -OCH3 is 1. The van der Waals surface area contributed by atoms with E-state index in [0.29, 0.717) is 13.0 Å². The molecule has 3 atom stereocenters. The number of carbonyl (C=O) groups excluding carboxylic acids is 2. The topological polar surface area (TPSA) is 88.5 Å². The van der Waals surface area contributed by atoms with E-state index in [1.165, 1.54) is 0 Å². The second-order valence-electron chi connectivity index (χ2n) is 10.2. The lowest BCUT2D eigenvalue weighted by atomic mass is 9.85. The minimum absolute atomic E-state index is 0.00463. The molecule has 1 aromatic heterocycles. The molecule has 5 rings (SSSR count). The van der Waals surface area contributed by atoms with E-state index >= 15 is 0 Å². The van der Waals surface area contributed by atoms with Gasteiger partial charge in [0.05, 0.1) is 36.8 Å². The third kappa shape index (κ3) is 4.69. The van der Waals surface area contributed by atoms with E-state index in [2.05, 4.69) is 33.5 Å². The lowest BCUT2D eigenvalue weighted by Gasteiger charge is -2.38. The fourth-order valence-corrected chi connectivity index (χ4v) is 5.99. The number of benzene rings is 2. The zero-order valence-corrected chi connectivity index (χ0v) is 21.3. The summed E-state index contributed by atoms with van der Waals surface area (Å²) in [5, 5.41) is 6.40. The summed E-state index contributed by atoms with van der Waals surface area (Å²) in [6.45, 7) is 2.74. The predicted molar refractivity (Wildman–Crippen MR) is 138 cm³/mol. The van der Waals surface area contributed by atoms with Crippen LogP contribution in [0, 0.1) is 0 Å². The molecule has 2 aromatic carbocycles. The highest BCUT2D eigenvalue weighted by atomic mass is 16.5. The van der Waals surface area contributed by atoms with Crippen molar-refractivity contribution in [2.24, 2.45) is 7.05 Å². The Morgan fingerprint density at radius 2 is 2.06 bits per heavy atom. The number of ether oxygens (including phenoxy) is 1. The molecule has 190 valence electrons. The Kier molecular flexibility index (Phi) is 6.71. The van der Waals surface area contributed by atoms with Gasteiger partial charge in [-0.1, -0.05) is 30.7 Å². The van der Waals surface area contributed by atoms with Crippen molar-refractivity contribution < 1.29 is 14.3 Å². The van der Waals surface area contributed by atoms with Crippen LogP contribution in [-0.2, 0) is 23.2 Å². The molecule has 0 unspecified atom stereocenters. The summed E-state index contributed by atoms with van der Waals surface area (Å²) in [6, 6.07) is 16.1. The Morgan fingerprint density at radius 3 is 2.86 bits per heavy atom. The molecule has 3 heterocycles. The third-order valence-corrected chi connectivity index (χ3v) is 7.84. The quantitative estimate of drug-likeness (QED) is 0.554. The summed E-state index contributed by atoms with van der Waals surface area (Å²) in [7, 11) is 3.63. The maximum atomic E-state index is 13.3. The molecular formula is C28H35N5O3. The van der Waals surface area contributed by atoms with Crippen LogP contribution in [-0.4, -0.2) is 51.5 Å². The standard InChI is InChI=1S/C28H35N5O3/c1-28-16-23(19-9-8-10-20(15-19)36-3)33(24(28)13-6-7-14-26(34)31-28)18-27(35)29-17-25-30-21-11-4-5-12-22(21)32(25)2/h4-5,8-12,15,23-24H,6-7,13-14,16-18H2,1-3H3,(H,29,35)(H,31,34)/t23-,24-,28-/m0/s1. The number of likely N-dealkylation sites (tertiary alicyclic amines) is 1. The lowest BCUT2D eigenvalue weighted by molar-refractivity contribution is -0.124. The molecule has 3 aromatic rings. The maximum absolute atomic E-state index is 13.3. The van der Waals surface area contributed by atoms with Gasteiger partial charge in [-0.25, -0.2) is 4.98 Å². The highest BCUT2D eigenvalue weighted by molar-refractivity contribution is 5.79. The van der Waals surface area contributed by atoms with Crippen LogP contribution in [0.25, 0.3) is 11.0 Å². The lowest BCUT2D eigenvalue weighted by Crippen LogP contribution is -2.56. The van der Waals surface area contributed by atoms with Crippen LogP contribution in [0.2, 0.25) is 0 Å². The molecule has 0 radical (unpaired) electrons. The van der Waals surface area contributed by atoms with E-state index in [1.807, 2.05) is 54.1 Å². The van der Waals surface area contributed by atoms with Crippen LogP contribution in [0.4, 0.5) is 0 Å². The van der Waals surface area contributed by atoms with Gasteiger partial charge in [0.1, 0.15) is 11.6 Å². The summed E-state index contributed by atoms with van der Waals surface area (Å²) in [6.07, 6.45) is 4.08. The number of para-hydroxylation sites is 2. The van der Waals surface area contributed by atoms with Crippen molar-refractivity contribution in [1.29, 1.82) is 0 Å². The van der Waals surface area contributed by atoms with Crippen LogP contribution < -0.4 is 15.4 Å². The van der Waals surface area contributed by atoms with E-state index in [0.717, 1.165) is 53.9 Å². The normalized spacial score (nSPS) is 24.6. The number of aryl methyl sites for hydroxylation is 1. The van der Waals surface area contributed by atoms with Gasteiger partial charge in [-0.05, 0) is 56.0 Å². The molecule has 0 spiro atoms. The average molecular weight is 490 g/mol. The van der Waals surface area contributed by atoms with Gasteiger partial charge in [-0.2, -0.15) is 0 Å². The number of fused-ring (bicyclic) bond motifs is 2. The summed E-state index contributed by atoms with van der Waals surface area (Å²) in [4.78, 5) is 32.8. The molecule has 2 aliphatic heterocycles. The zero-order valence-electron chi connectivity index (χ0n) is 21.3. The Balaban J connectivity index is 1.38. The highest BCUT2D eigenvalue weighted by Gasteiger charge is 2.51. The number of aromatic nitrogens is 2. The van der Waals surface area contributed by atoms with E-state index in [4.69, 9.17) is 4.74 Å². The number of amides is 2. The largest absolute Gasteiger partial charge is 0.497 e. The average Bonchev–Trinajstić information content (AvgIpc) is 3.32. The van der Waals surface area contributed by atoms with Gasteiger partial charge in [-0.15, -0.1) is 0 Å². The van der Waals surface area contributed by atoms with Gasteiger partial charge in [0.2, 0.25) is 11.8 Å². The Hall–Kier alpha value is -3.39. The van der Waals surface area contributed by atoms with Crippen molar-refractivity contribution >= 4 is 22.8 Å². The van der Waals surface area contributed by atoms with E-state index < -0.39 is 5.54 Å². The second-order valence-corrected chi connectivity index (χ2v) is 10.2. The van der Waals surface area contributed by atoms with Gasteiger partial charge in [0, 0.05) is 25.6 Å². The van der Waals surface area contributed by atoms with Crippen molar-refractivity contribution in [3.8, 4) is 5.75 Å². The van der Waals surface area contributed by atoms with Crippen LogP contribution in [0.15, 0.2) is 48.5 Å². The number of rotatable bonds is 6. The maximum Gasteiger partial charge on any atom is 0.234 e. The Morgan fingerprint density at radius 1 is 1.22 bits per heavy atom. The Labute approximate surface area is 212 Å². The van der Waals surface area contributed by atoms with Crippen molar-refractivity contribution in [2.45, 2.75) is 63.2 Å². The zero-order chi connectivity index (χ0) is 25.3. The van der Waals surface area contributed by atoms with Crippen molar-refractivity contribution in [3.05, 3.63) is 59.9 Å². The third-order valence-electron chi connectivity index (χ3n) is 7.84. The summed E-state index contributed by atoms with van der Waals surface area (Å²) >= 11 is 0. The van der Waals surface area contributed by atoms with Gasteiger partial charge >= 0.3 is 0 Å². The van der Waals surface area contributed by atoms with Crippen molar-refractivity contribution in [3.63, 3.8) is 0 Å². The minimum Gasteiger partial charge on any atom is -0.497 e. The number of hydrogen-bond acceptors (Lipinski definition) is 5. The summed E-state index contributed by atoms with van der Waals surface area (Å²) in [5.41, 5.74) is 2.66. The monoisotopic (exact) mass is 489 g/mol. The predicted octanol–water partition coefficient (Wildman–Crippen LogP) is 3.46. The molecule has 0 saturated carbocycles. The minimum atomic E-state index is -0.400. The molecule has 8 nitrogen and oxygen atoms in total. The smallest absolute Gasteiger partial charge is 0.234 e. The van der Waals surface area contributed by atoms with Gasteiger partial charge in [0.25, 0.3) is 0 Å².